The van der Waals surface area contributed by atoms with E-state index in [1.807, 2.05) is 0 Å². The van der Waals surface area contributed by atoms with E-state index in [1.165, 1.54) is 6.92 Å². The molecule has 3 atom stereocenters. The highest BCUT2D eigenvalue weighted by Gasteiger charge is 2.36. The monoisotopic (exact) mass is 201 g/mol. The molecule has 0 aromatic heterocycles. The van der Waals surface area contributed by atoms with E-state index in [0.717, 1.165) is 0 Å². The lowest BCUT2D eigenvalue weighted by Crippen LogP contribution is -2.30. The summed E-state index contributed by atoms with van der Waals surface area (Å²) in [5, 5.41) is 20.8. The van der Waals surface area contributed by atoms with Crippen LogP contribution in [-0.2, 0) is 9.59 Å². The Morgan fingerprint density at radius 2 is 2.07 bits per heavy atom. The van der Waals surface area contributed by atoms with E-state index in [4.69, 9.17) is 5.11 Å². The molecule has 5 nitrogen and oxygen atoms in total. The van der Waals surface area contributed by atoms with Gasteiger partial charge in [-0.25, -0.2) is 0 Å². The summed E-state index contributed by atoms with van der Waals surface area (Å²) in [4.78, 5) is 21.2. The number of carbonyl (C=O) groups excluding carboxylic acids is 1. The molecule has 0 saturated heterocycles. The molecule has 1 aliphatic carbocycles. The summed E-state index contributed by atoms with van der Waals surface area (Å²) < 4.78 is 0. The van der Waals surface area contributed by atoms with E-state index in [9.17, 15) is 14.7 Å². The van der Waals surface area contributed by atoms with Crippen LogP contribution in [0, 0.1) is 11.8 Å². The van der Waals surface area contributed by atoms with Crippen molar-refractivity contribution in [3.63, 3.8) is 0 Å². The number of hydrogen-bond donors (Lipinski definition) is 3. The lowest BCUT2D eigenvalue weighted by molar-refractivity contribution is -0.141. The zero-order valence-corrected chi connectivity index (χ0v) is 8.06. The number of rotatable bonds is 3. The van der Waals surface area contributed by atoms with Crippen LogP contribution in [-0.4, -0.2) is 34.7 Å². The Hall–Kier alpha value is -1.10. The van der Waals surface area contributed by atoms with Crippen LogP contribution >= 0.6 is 0 Å². The van der Waals surface area contributed by atoms with Crippen molar-refractivity contribution < 1.29 is 19.8 Å². The van der Waals surface area contributed by atoms with Crippen LogP contribution in [0.1, 0.15) is 19.8 Å². The summed E-state index contributed by atoms with van der Waals surface area (Å²) in [5.41, 5.74) is 0. The maximum atomic E-state index is 10.6. The second-order valence-electron chi connectivity index (χ2n) is 3.77. The summed E-state index contributed by atoms with van der Waals surface area (Å²) in [7, 11) is 0. The van der Waals surface area contributed by atoms with Gasteiger partial charge in [-0.3, -0.25) is 9.59 Å². The van der Waals surface area contributed by atoms with Crippen LogP contribution in [0.3, 0.4) is 0 Å². The average molecular weight is 201 g/mol. The number of nitrogens with one attached hydrogen (secondary N) is 1. The molecule has 1 saturated carbocycles. The molecule has 1 fully saturated rings. The third kappa shape index (κ3) is 2.70. The van der Waals surface area contributed by atoms with Gasteiger partial charge >= 0.3 is 5.97 Å². The van der Waals surface area contributed by atoms with Gasteiger partial charge in [0, 0.05) is 19.4 Å². The topological polar surface area (TPSA) is 86.6 Å². The van der Waals surface area contributed by atoms with E-state index >= 15 is 0 Å². The van der Waals surface area contributed by atoms with Crippen molar-refractivity contribution in [3.8, 4) is 0 Å². The molecular formula is C9H15NO4. The van der Waals surface area contributed by atoms with Crippen LogP contribution in [0.5, 0.6) is 0 Å². The highest BCUT2D eigenvalue weighted by Crippen LogP contribution is 2.30. The molecule has 0 aromatic carbocycles. The maximum absolute atomic E-state index is 10.6. The molecule has 1 rings (SSSR count). The van der Waals surface area contributed by atoms with Gasteiger partial charge in [-0.05, 0) is 12.8 Å². The van der Waals surface area contributed by atoms with E-state index < -0.39 is 18.0 Å². The van der Waals surface area contributed by atoms with Crippen molar-refractivity contribution in [2.24, 2.45) is 11.8 Å². The van der Waals surface area contributed by atoms with Gasteiger partial charge in [-0.1, -0.05) is 0 Å². The summed E-state index contributed by atoms with van der Waals surface area (Å²) in [6.45, 7) is 1.76. The maximum Gasteiger partial charge on any atom is 0.306 e. The van der Waals surface area contributed by atoms with Gasteiger partial charge in [-0.2, -0.15) is 0 Å². The van der Waals surface area contributed by atoms with Crippen molar-refractivity contribution in [2.45, 2.75) is 25.9 Å². The number of hydrogen-bond acceptors (Lipinski definition) is 3. The molecule has 0 heterocycles. The minimum Gasteiger partial charge on any atom is -0.481 e. The normalized spacial score (nSPS) is 31.4. The Labute approximate surface area is 82.1 Å². The van der Waals surface area contributed by atoms with Gasteiger partial charge in [0.25, 0.3) is 0 Å². The first-order chi connectivity index (χ1) is 6.50. The summed E-state index contributed by atoms with van der Waals surface area (Å²) in [6, 6.07) is 0. The molecule has 3 N–H and O–H groups in total. The number of amides is 1. The molecule has 0 spiro atoms. The van der Waals surface area contributed by atoms with Gasteiger partial charge in [0.15, 0.2) is 0 Å². The zero-order valence-electron chi connectivity index (χ0n) is 8.06. The Morgan fingerprint density at radius 1 is 1.43 bits per heavy atom. The minimum atomic E-state index is -0.866. The van der Waals surface area contributed by atoms with Crippen molar-refractivity contribution in [1.82, 2.24) is 5.32 Å². The number of carboxylic acids is 1. The molecule has 0 bridgehead atoms. The quantitative estimate of drug-likeness (QED) is 0.579. The molecular weight excluding hydrogens is 186 g/mol. The predicted molar refractivity (Wildman–Crippen MR) is 48.5 cm³/mol. The fourth-order valence-corrected chi connectivity index (χ4v) is 1.80. The van der Waals surface area contributed by atoms with Crippen LogP contribution in [0.4, 0.5) is 0 Å². The Bertz CT molecular complexity index is 241. The Kier molecular flexibility index (Phi) is 3.46. The number of carboxylic acid groups (broad SMARTS) is 1. The van der Waals surface area contributed by atoms with Gasteiger partial charge in [-0.15, -0.1) is 0 Å². The number of aliphatic hydroxyl groups is 1. The zero-order chi connectivity index (χ0) is 10.7. The SMILES string of the molecule is CC(=O)NC[C@@H]1C[C@@H](C(=O)O)C[C@@H]1O. The predicted octanol–water partition coefficient (Wildman–Crippen LogP) is -0.406. The molecule has 0 radical (unpaired) electrons. The molecule has 0 aliphatic heterocycles. The summed E-state index contributed by atoms with van der Waals surface area (Å²) in [5.74, 6) is -1.62. The van der Waals surface area contributed by atoms with Crippen molar-refractivity contribution in [3.05, 3.63) is 0 Å². The second kappa shape index (κ2) is 4.41. The third-order valence-corrected chi connectivity index (χ3v) is 2.62. The average Bonchev–Trinajstić information content (AvgIpc) is 2.43. The molecule has 0 unspecified atom stereocenters. The smallest absolute Gasteiger partial charge is 0.306 e. The molecule has 1 amide bonds. The van der Waals surface area contributed by atoms with E-state index in [0.29, 0.717) is 19.4 Å². The standard InChI is InChI=1S/C9H15NO4/c1-5(11)10-4-7-2-6(9(13)14)3-8(7)12/h6-8,12H,2-4H2,1H3,(H,10,11)(H,13,14)/t6-,7+,8+/m1/s1. The lowest BCUT2D eigenvalue weighted by atomic mass is 10.0. The highest BCUT2D eigenvalue weighted by molar-refractivity contribution is 5.73. The van der Waals surface area contributed by atoms with Crippen molar-refractivity contribution in [2.75, 3.05) is 6.54 Å². The van der Waals surface area contributed by atoms with E-state index in [-0.39, 0.29) is 11.8 Å². The number of aliphatic hydroxyl groups excluding tert-OH is 1. The molecule has 80 valence electrons. The molecule has 1 aliphatic rings. The fraction of sp³-hybridized carbons (Fsp3) is 0.778. The van der Waals surface area contributed by atoms with Crippen LogP contribution < -0.4 is 5.32 Å². The highest BCUT2D eigenvalue weighted by atomic mass is 16.4. The van der Waals surface area contributed by atoms with Gasteiger partial charge < -0.3 is 15.5 Å². The number of aliphatic carboxylic acids is 1. The first-order valence-electron chi connectivity index (χ1n) is 4.66. The van der Waals surface area contributed by atoms with Crippen LogP contribution in [0.2, 0.25) is 0 Å². The van der Waals surface area contributed by atoms with Crippen molar-refractivity contribution in [1.29, 1.82) is 0 Å². The van der Waals surface area contributed by atoms with E-state index in [2.05, 4.69) is 5.32 Å². The first-order valence-corrected chi connectivity index (χ1v) is 4.66. The summed E-state index contributed by atoms with van der Waals surface area (Å²) >= 11 is 0. The van der Waals surface area contributed by atoms with Crippen molar-refractivity contribution >= 4 is 11.9 Å². The first kappa shape index (κ1) is 11.0. The second-order valence-corrected chi connectivity index (χ2v) is 3.77. The van der Waals surface area contributed by atoms with Gasteiger partial charge in [0.2, 0.25) is 5.91 Å². The molecule has 5 heteroatoms. The largest absolute Gasteiger partial charge is 0.481 e. The van der Waals surface area contributed by atoms with Gasteiger partial charge in [0.05, 0.1) is 12.0 Å². The molecule has 0 aromatic rings. The van der Waals surface area contributed by atoms with Gasteiger partial charge in [0.1, 0.15) is 0 Å². The lowest BCUT2D eigenvalue weighted by Gasteiger charge is -2.13. The fourth-order valence-electron chi connectivity index (χ4n) is 1.80. The van der Waals surface area contributed by atoms with Crippen LogP contribution in [0.15, 0.2) is 0 Å². The number of carbonyl (C=O) groups is 2. The molecule has 14 heavy (non-hydrogen) atoms. The third-order valence-electron chi connectivity index (χ3n) is 2.62. The Balaban J connectivity index is 2.40. The Morgan fingerprint density at radius 3 is 2.50 bits per heavy atom. The van der Waals surface area contributed by atoms with Crippen LogP contribution in [0.25, 0.3) is 0 Å². The van der Waals surface area contributed by atoms with E-state index in [1.54, 1.807) is 0 Å². The summed E-state index contributed by atoms with van der Waals surface area (Å²) in [6.07, 6.45) is 0.124. The minimum absolute atomic E-state index is 0.125.